The van der Waals surface area contributed by atoms with Crippen molar-refractivity contribution >= 4 is 29.0 Å². The third-order valence-corrected chi connectivity index (χ3v) is 4.84. The van der Waals surface area contributed by atoms with E-state index in [1.807, 2.05) is 19.9 Å². The largest absolute Gasteiger partial charge is 0.356 e. The Bertz CT molecular complexity index is 785. The molecule has 0 radical (unpaired) electrons. The highest BCUT2D eigenvalue weighted by atomic mass is 35.5. The van der Waals surface area contributed by atoms with Crippen molar-refractivity contribution in [2.24, 2.45) is 5.92 Å². The van der Waals surface area contributed by atoms with Crippen molar-refractivity contribution < 1.29 is 4.79 Å². The van der Waals surface area contributed by atoms with Gasteiger partial charge in [0.1, 0.15) is 17.3 Å². The molecule has 0 atom stereocenters. The standard InChI is InChI=1S/C19H23ClN4O/c1-12-6-8-24(9-7-12)18-11-17(21-14(3)22-18)19(25)23-16-5-4-15(20)10-13(16)2/h4-5,10-12H,6-9H2,1-3H3,(H,23,25). The van der Waals surface area contributed by atoms with Crippen LogP contribution in [0, 0.1) is 19.8 Å². The van der Waals surface area contributed by atoms with Gasteiger partial charge >= 0.3 is 0 Å². The van der Waals surface area contributed by atoms with Crippen LogP contribution in [0.1, 0.15) is 41.6 Å². The number of amides is 1. The zero-order valence-electron chi connectivity index (χ0n) is 14.8. The van der Waals surface area contributed by atoms with E-state index in [0.717, 1.165) is 48.9 Å². The summed E-state index contributed by atoms with van der Waals surface area (Å²) in [5, 5.41) is 3.56. The minimum atomic E-state index is -0.234. The smallest absolute Gasteiger partial charge is 0.274 e. The number of carbonyl (C=O) groups is 1. The highest BCUT2D eigenvalue weighted by molar-refractivity contribution is 6.30. The average molecular weight is 359 g/mol. The molecule has 5 nitrogen and oxygen atoms in total. The van der Waals surface area contributed by atoms with Crippen LogP contribution in [0.4, 0.5) is 11.5 Å². The van der Waals surface area contributed by atoms with E-state index in [9.17, 15) is 4.79 Å². The number of anilines is 2. The Morgan fingerprint density at radius 3 is 2.60 bits per heavy atom. The Morgan fingerprint density at radius 1 is 1.20 bits per heavy atom. The molecule has 1 amide bonds. The molecule has 1 aliphatic heterocycles. The number of piperidine rings is 1. The molecule has 132 valence electrons. The molecule has 6 heteroatoms. The van der Waals surface area contributed by atoms with E-state index < -0.39 is 0 Å². The first-order valence-corrected chi connectivity index (χ1v) is 8.98. The van der Waals surface area contributed by atoms with Crippen LogP contribution < -0.4 is 10.2 Å². The number of nitrogens with zero attached hydrogens (tertiary/aromatic N) is 3. The summed E-state index contributed by atoms with van der Waals surface area (Å²) in [5.74, 6) is 1.95. The van der Waals surface area contributed by atoms with Gasteiger partial charge in [-0.15, -0.1) is 0 Å². The third-order valence-electron chi connectivity index (χ3n) is 4.60. The lowest BCUT2D eigenvalue weighted by Gasteiger charge is -2.31. The summed E-state index contributed by atoms with van der Waals surface area (Å²) in [6, 6.07) is 7.17. The van der Waals surface area contributed by atoms with Crippen molar-refractivity contribution in [3.05, 3.63) is 46.4 Å². The number of hydrogen-bond acceptors (Lipinski definition) is 4. The lowest BCUT2D eigenvalue weighted by Crippen LogP contribution is -2.34. The zero-order valence-corrected chi connectivity index (χ0v) is 15.6. The monoisotopic (exact) mass is 358 g/mol. The number of halogens is 1. The second kappa shape index (κ2) is 7.40. The van der Waals surface area contributed by atoms with Gasteiger partial charge < -0.3 is 10.2 Å². The van der Waals surface area contributed by atoms with E-state index in [4.69, 9.17) is 11.6 Å². The summed E-state index contributed by atoms with van der Waals surface area (Å²) in [4.78, 5) is 23.7. The minimum absolute atomic E-state index is 0.234. The van der Waals surface area contributed by atoms with Crippen LogP contribution in [-0.4, -0.2) is 29.0 Å². The van der Waals surface area contributed by atoms with Gasteiger partial charge in [-0.1, -0.05) is 18.5 Å². The minimum Gasteiger partial charge on any atom is -0.356 e. The zero-order chi connectivity index (χ0) is 18.0. The maximum atomic E-state index is 12.6. The molecule has 2 aromatic rings. The van der Waals surface area contributed by atoms with Crippen molar-refractivity contribution in [1.29, 1.82) is 0 Å². The van der Waals surface area contributed by atoms with E-state index in [1.165, 1.54) is 0 Å². The molecule has 0 bridgehead atoms. The molecule has 3 rings (SSSR count). The SMILES string of the molecule is Cc1nc(C(=O)Nc2ccc(Cl)cc2C)cc(N2CCC(C)CC2)n1. The summed E-state index contributed by atoms with van der Waals surface area (Å²) in [5.41, 5.74) is 2.03. The molecule has 2 heterocycles. The maximum absolute atomic E-state index is 12.6. The molecule has 1 aromatic heterocycles. The van der Waals surface area contributed by atoms with E-state index in [-0.39, 0.29) is 5.91 Å². The average Bonchev–Trinajstić information content (AvgIpc) is 2.57. The molecule has 0 unspecified atom stereocenters. The summed E-state index contributed by atoms with van der Waals surface area (Å²) < 4.78 is 0. The third kappa shape index (κ3) is 4.28. The summed E-state index contributed by atoms with van der Waals surface area (Å²) in [7, 11) is 0. The summed E-state index contributed by atoms with van der Waals surface area (Å²) in [6.07, 6.45) is 2.29. The first-order valence-electron chi connectivity index (χ1n) is 8.60. The second-order valence-electron chi connectivity index (χ2n) is 6.74. The fourth-order valence-corrected chi connectivity index (χ4v) is 3.25. The Balaban J connectivity index is 1.80. The Hall–Kier alpha value is -2.14. The fraction of sp³-hybridized carbons (Fsp3) is 0.421. The van der Waals surface area contributed by atoms with E-state index >= 15 is 0 Å². The first-order chi connectivity index (χ1) is 11.9. The first kappa shape index (κ1) is 17.7. The van der Waals surface area contributed by atoms with Gasteiger partial charge in [-0.2, -0.15) is 0 Å². The van der Waals surface area contributed by atoms with Crippen molar-refractivity contribution in [2.75, 3.05) is 23.3 Å². The molecule has 25 heavy (non-hydrogen) atoms. The fourth-order valence-electron chi connectivity index (χ4n) is 3.02. The normalized spacial score (nSPS) is 15.3. The second-order valence-corrected chi connectivity index (χ2v) is 7.18. The van der Waals surface area contributed by atoms with Gasteiger partial charge in [0.25, 0.3) is 5.91 Å². The number of rotatable bonds is 3. The van der Waals surface area contributed by atoms with Gasteiger partial charge in [0.2, 0.25) is 0 Å². The van der Waals surface area contributed by atoms with Gasteiger partial charge in [-0.05, 0) is 56.4 Å². The van der Waals surface area contributed by atoms with Crippen LogP contribution in [0.2, 0.25) is 5.02 Å². The van der Waals surface area contributed by atoms with Crippen molar-refractivity contribution in [3.63, 3.8) is 0 Å². The van der Waals surface area contributed by atoms with Crippen LogP contribution in [0.25, 0.3) is 0 Å². The van der Waals surface area contributed by atoms with Gasteiger partial charge in [-0.3, -0.25) is 4.79 Å². The highest BCUT2D eigenvalue weighted by Crippen LogP contribution is 2.23. The van der Waals surface area contributed by atoms with Crippen LogP contribution in [-0.2, 0) is 0 Å². The van der Waals surface area contributed by atoms with E-state index in [0.29, 0.717) is 16.5 Å². The number of nitrogens with one attached hydrogen (secondary N) is 1. The van der Waals surface area contributed by atoms with E-state index in [2.05, 4.69) is 27.1 Å². The Kier molecular flexibility index (Phi) is 5.23. The summed E-state index contributed by atoms with van der Waals surface area (Å²) in [6.45, 7) is 7.94. The van der Waals surface area contributed by atoms with Gasteiger partial charge in [0.05, 0.1) is 0 Å². The van der Waals surface area contributed by atoms with Crippen LogP contribution in [0.3, 0.4) is 0 Å². The molecule has 0 saturated carbocycles. The Morgan fingerprint density at radius 2 is 1.92 bits per heavy atom. The van der Waals surface area contributed by atoms with Crippen LogP contribution in [0.15, 0.2) is 24.3 Å². The maximum Gasteiger partial charge on any atom is 0.274 e. The molecular weight excluding hydrogens is 336 g/mol. The number of benzene rings is 1. The number of carbonyl (C=O) groups excluding carboxylic acids is 1. The summed E-state index contributed by atoms with van der Waals surface area (Å²) >= 11 is 5.97. The number of aromatic nitrogens is 2. The van der Waals surface area contributed by atoms with Gasteiger partial charge in [0.15, 0.2) is 0 Å². The molecule has 1 saturated heterocycles. The molecule has 1 fully saturated rings. The topological polar surface area (TPSA) is 58.1 Å². The number of hydrogen-bond donors (Lipinski definition) is 1. The molecule has 1 aromatic carbocycles. The quantitative estimate of drug-likeness (QED) is 0.891. The van der Waals surface area contributed by atoms with Gasteiger partial charge in [0, 0.05) is 29.9 Å². The van der Waals surface area contributed by atoms with Gasteiger partial charge in [-0.25, -0.2) is 9.97 Å². The lowest BCUT2D eigenvalue weighted by molar-refractivity contribution is 0.102. The molecule has 1 aliphatic rings. The molecular formula is C19H23ClN4O. The Labute approximate surface area is 153 Å². The van der Waals surface area contributed by atoms with Crippen molar-refractivity contribution in [3.8, 4) is 0 Å². The lowest BCUT2D eigenvalue weighted by atomic mass is 9.99. The predicted molar refractivity (Wildman–Crippen MR) is 102 cm³/mol. The van der Waals surface area contributed by atoms with Crippen LogP contribution in [0.5, 0.6) is 0 Å². The van der Waals surface area contributed by atoms with Crippen molar-refractivity contribution in [2.45, 2.75) is 33.6 Å². The highest BCUT2D eigenvalue weighted by Gasteiger charge is 2.19. The van der Waals surface area contributed by atoms with E-state index in [1.54, 1.807) is 18.2 Å². The van der Waals surface area contributed by atoms with Crippen molar-refractivity contribution in [1.82, 2.24) is 9.97 Å². The number of aryl methyl sites for hydroxylation is 2. The molecule has 1 N–H and O–H groups in total. The molecule has 0 spiro atoms. The van der Waals surface area contributed by atoms with Crippen LogP contribution >= 0.6 is 11.6 Å². The molecule has 0 aliphatic carbocycles. The predicted octanol–water partition coefficient (Wildman–Crippen LogP) is 4.24.